The van der Waals surface area contributed by atoms with E-state index in [4.69, 9.17) is 4.42 Å². The molecule has 0 fully saturated rings. The second-order valence-electron chi connectivity index (χ2n) is 6.25. The Morgan fingerprint density at radius 2 is 1.96 bits per heavy atom. The maximum Gasteiger partial charge on any atom is 0.196 e. The smallest absolute Gasteiger partial charge is 0.196 e. The zero-order valence-electron chi connectivity index (χ0n) is 13.0. The maximum absolute atomic E-state index is 13.1. The lowest BCUT2D eigenvalue weighted by Crippen LogP contribution is -2.17. The molecule has 2 unspecified atom stereocenters. The average Bonchev–Trinajstić information content (AvgIpc) is 2.55. The molecule has 4 rings (SSSR count). The zero-order chi connectivity index (χ0) is 15.1. The van der Waals surface area contributed by atoms with Crippen LogP contribution in [0.3, 0.4) is 0 Å². The topological polar surface area (TPSA) is 30.2 Å². The summed E-state index contributed by atoms with van der Waals surface area (Å²) in [7, 11) is 0. The number of allylic oxidation sites excluding steroid dienone is 2. The van der Waals surface area contributed by atoms with Gasteiger partial charge in [0.15, 0.2) is 5.43 Å². The van der Waals surface area contributed by atoms with Crippen molar-refractivity contribution in [3.05, 3.63) is 70.6 Å². The van der Waals surface area contributed by atoms with Crippen molar-refractivity contribution >= 4 is 34.1 Å². The third-order valence-corrected chi connectivity index (χ3v) is 4.67. The molecule has 2 nitrogen and oxygen atoms in total. The summed E-state index contributed by atoms with van der Waals surface area (Å²) in [6.45, 7) is 2.20. The third-order valence-electron chi connectivity index (χ3n) is 4.67. The highest BCUT2D eigenvalue weighted by atomic mass is 35.5. The highest BCUT2D eigenvalue weighted by Gasteiger charge is 2.21. The van der Waals surface area contributed by atoms with Crippen LogP contribution >= 0.6 is 12.4 Å². The summed E-state index contributed by atoms with van der Waals surface area (Å²) < 4.78 is 5.80. The SMILES string of the molecule is CC1C=CCC(c2coc3ccc4ccccc4c3c2=O)C1.Cl. The summed E-state index contributed by atoms with van der Waals surface area (Å²) >= 11 is 0. The first-order valence-electron chi connectivity index (χ1n) is 7.84. The van der Waals surface area contributed by atoms with Gasteiger partial charge in [-0.05, 0) is 41.5 Å². The Morgan fingerprint density at radius 3 is 2.78 bits per heavy atom. The molecule has 118 valence electrons. The molecule has 2 atom stereocenters. The van der Waals surface area contributed by atoms with Crippen molar-refractivity contribution in [2.75, 3.05) is 0 Å². The standard InChI is InChI=1S/C20H18O2.ClH/c1-13-5-4-7-15(11-13)17-12-22-18-10-9-14-6-2-3-8-16(14)19(18)20(17)21;/h2-6,8-10,12-13,15H,7,11H2,1H3;1H. The van der Waals surface area contributed by atoms with Crippen LogP contribution in [0.1, 0.15) is 31.2 Å². The fourth-order valence-electron chi connectivity index (χ4n) is 3.54. The molecule has 0 bridgehead atoms. The van der Waals surface area contributed by atoms with E-state index >= 15 is 0 Å². The lowest BCUT2D eigenvalue weighted by molar-refractivity contribution is 0.495. The molecular weight excluding hydrogens is 308 g/mol. The first-order chi connectivity index (χ1) is 10.7. The quantitative estimate of drug-likeness (QED) is 0.440. The van der Waals surface area contributed by atoms with E-state index in [1.165, 1.54) is 0 Å². The van der Waals surface area contributed by atoms with Crippen LogP contribution in [0.5, 0.6) is 0 Å². The molecule has 3 heteroatoms. The summed E-state index contributed by atoms with van der Waals surface area (Å²) in [6.07, 6.45) is 8.03. The lowest BCUT2D eigenvalue weighted by atomic mass is 9.83. The Labute approximate surface area is 141 Å². The number of benzene rings is 2. The highest BCUT2D eigenvalue weighted by Crippen LogP contribution is 2.32. The van der Waals surface area contributed by atoms with Crippen molar-refractivity contribution in [1.82, 2.24) is 0 Å². The average molecular weight is 327 g/mol. The second kappa shape index (κ2) is 6.21. The molecule has 2 aromatic carbocycles. The van der Waals surface area contributed by atoms with E-state index in [1.54, 1.807) is 6.26 Å². The zero-order valence-corrected chi connectivity index (χ0v) is 13.8. The van der Waals surface area contributed by atoms with Crippen molar-refractivity contribution in [2.45, 2.75) is 25.7 Å². The van der Waals surface area contributed by atoms with Crippen molar-refractivity contribution in [3.63, 3.8) is 0 Å². The Bertz CT molecular complexity index is 939. The summed E-state index contributed by atoms with van der Waals surface area (Å²) in [5.74, 6) is 0.779. The Kier molecular flexibility index (Phi) is 4.27. The van der Waals surface area contributed by atoms with E-state index in [0.717, 1.165) is 34.6 Å². The Balaban J connectivity index is 0.00000156. The number of halogens is 1. The summed E-state index contributed by atoms with van der Waals surface area (Å²) in [4.78, 5) is 13.1. The van der Waals surface area contributed by atoms with E-state index in [9.17, 15) is 4.79 Å². The molecule has 0 saturated carbocycles. The van der Waals surface area contributed by atoms with Crippen LogP contribution in [0.15, 0.2) is 64.0 Å². The Hall–Kier alpha value is -2.06. The largest absolute Gasteiger partial charge is 0.464 e. The van der Waals surface area contributed by atoms with Gasteiger partial charge in [-0.1, -0.05) is 49.4 Å². The van der Waals surface area contributed by atoms with E-state index in [-0.39, 0.29) is 23.8 Å². The van der Waals surface area contributed by atoms with Crippen LogP contribution in [0.4, 0.5) is 0 Å². The maximum atomic E-state index is 13.1. The van der Waals surface area contributed by atoms with E-state index in [1.807, 2.05) is 36.4 Å². The Morgan fingerprint density at radius 1 is 1.13 bits per heavy atom. The van der Waals surface area contributed by atoms with Gasteiger partial charge in [-0.2, -0.15) is 0 Å². The molecular formula is C20H19ClO2. The van der Waals surface area contributed by atoms with Gasteiger partial charge in [0.2, 0.25) is 0 Å². The molecule has 23 heavy (non-hydrogen) atoms. The molecule has 1 aromatic heterocycles. The predicted molar refractivity (Wildman–Crippen MR) is 97.5 cm³/mol. The van der Waals surface area contributed by atoms with Crippen LogP contribution in [-0.2, 0) is 0 Å². The van der Waals surface area contributed by atoms with Crippen LogP contribution in [-0.4, -0.2) is 0 Å². The van der Waals surface area contributed by atoms with Gasteiger partial charge >= 0.3 is 0 Å². The van der Waals surface area contributed by atoms with E-state index in [2.05, 4.69) is 19.1 Å². The van der Waals surface area contributed by atoms with Crippen LogP contribution in [0, 0.1) is 5.92 Å². The fourth-order valence-corrected chi connectivity index (χ4v) is 3.54. The second-order valence-corrected chi connectivity index (χ2v) is 6.25. The molecule has 0 amide bonds. The molecule has 1 heterocycles. The first-order valence-corrected chi connectivity index (χ1v) is 7.84. The normalized spacial score (nSPS) is 20.6. The molecule has 1 aliphatic rings. The van der Waals surface area contributed by atoms with Gasteiger partial charge in [-0.3, -0.25) is 4.79 Å². The van der Waals surface area contributed by atoms with Crippen LogP contribution in [0.2, 0.25) is 0 Å². The van der Waals surface area contributed by atoms with Gasteiger partial charge in [0.05, 0.1) is 11.6 Å². The molecule has 0 radical (unpaired) electrons. The number of fused-ring (bicyclic) bond motifs is 3. The van der Waals surface area contributed by atoms with Crippen molar-refractivity contribution in [1.29, 1.82) is 0 Å². The first kappa shape index (κ1) is 15.8. The van der Waals surface area contributed by atoms with Gasteiger partial charge in [0.25, 0.3) is 0 Å². The molecule has 3 aromatic rings. The van der Waals surface area contributed by atoms with Crippen LogP contribution < -0.4 is 5.43 Å². The van der Waals surface area contributed by atoms with Crippen LogP contribution in [0.25, 0.3) is 21.7 Å². The van der Waals surface area contributed by atoms with Gasteiger partial charge in [-0.25, -0.2) is 0 Å². The molecule has 0 saturated heterocycles. The fraction of sp³-hybridized carbons (Fsp3) is 0.250. The lowest BCUT2D eigenvalue weighted by Gasteiger charge is -2.21. The summed E-state index contributed by atoms with van der Waals surface area (Å²) in [5, 5.41) is 2.78. The third kappa shape index (κ3) is 2.68. The molecule has 0 aliphatic heterocycles. The van der Waals surface area contributed by atoms with Gasteiger partial charge in [-0.15, -0.1) is 12.4 Å². The van der Waals surface area contributed by atoms with E-state index in [0.29, 0.717) is 11.5 Å². The summed E-state index contributed by atoms with van der Waals surface area (Å²) in [5.41, 5.74) is 1.62. The minimum absolute atomic E-state index is 0. The molecule has 0 spiro atoms. The minimum Gasteiger partial charge on any atom is -0.464 e. The predicted octanol–water partition coefficient (Wildman–Crippen LogP) is 5.44. The van der Waals surface area contributed by atoms with Gasteiger partial charge in [0.1, 0.15) is 5.58 Å². The number of rotatable bonds is 1. The minimum atomic E-state index is 0. The van der Waals surface area contributed by atoms with Gasteiger partial charge < -0.3 is 4.42 Å². The van der Waals surface area contributed by atoms with E-state index < -0.39 is 0 Å². The highest BCUT2D eigenvalue weighted by molar-refractivity contribution is 6.05. The van der Waals surface area contributed by atoms with Crippen molar-refractivity contribution < 1.29 is 4.42 Å². The van der Waals surface area contributed by atoms with Gasteiger partial charge in [0, 0.05) is 5.56 Å². The summed E-state index contributed by atoms with van der Waals surface area (Å²) in [6, 6.07) is 11.9. The monoisotopic (exact) mass is 326 g/mol. The number of hydrogen-bond donors (Lipinski definition) is 0. The molecule has 0 N–H and O–H groups in total. The molecule has 1 aliphatic carbocycles. The van der Waals surface area contributed by atoms with Crippen molar-refractivity contribution in [2.24, 2.45) is 5.92 Å². The van der Waals surface area contributed by atoms with Crippen molar-refractivity contribution in [3.8, 4) is 0 Å². The number of hydrogen-bond acceptors (Lipinski definition) is 2.